The number of benzene rings is 1. The van der Waals surface area contributed by atoms with E-state index in [-0.39, 0.29) is 17.9 Å². The van der Waals surface area contributed by atoms with E-state index in [1.54, 1.807) is 31.2 Å². The standard InChI is InChI=1S/C15H11NO5S/c1-2-20-10(17)7-22-14-11-8-5-3-4-6-9(8)21-15(19)12(11)13(18)16-14/h3-6H,2,7H2,1H3. The summed E-state index contributed by atoms with van der Waals surface area (Å²) in [6.07, 6.45) is 0. The van der Waals surface area contributed by atoms with Crippen LogP contribution in [0.5, 0.6) is 0 Å². The predicted octanol–water partition coefficient (Wildman–Crippen LogP) is 1.99. The Kier molecular flexibility index (Phi) is 3.81. The molecular weight excluding hydrogens is 306 g/mol. The number of hydrogen-bond donors (Lipinski definition) is 0. The summed E-state index contributed by atoms with van der Waals surface area (Å²) in [6, 6.07) is 6.90. The maximum atomic E-state index is 12.0. The van der Waals surface area contributed by atoms with Gasteiger partial charge >= 0.3 is 11.6 Å². The molecule has 112 valence electrons. The normalized spacial score (nSPS) is 13.1. The fourth-order valence-electron chi connectivity index (χ4n) is 2.20. The van der Waals surface area contributed by atoms with Gasteiger partial charge in [0.15, 0.2) is 0 Å². The van der Waals surface area contributed by atoms with Gasteiger partial charge < -0.3 is 9.15 Å². The fraction of sp³-hybridized carbons (Fsp3) is 0.200. The van der Waals surface area contributed by atoms with Gasteiger partial charge in [-0.2, -0.15) is 0 Å². The Labute approximate surface area is 129 Å². The highest BCUT2D eigenvalue weighted by Gasteiger charge is 2.30. The average molecular weight is 317 g/mol. The molecule has 0 radical (unpaired) electrons. The molecule has 0 unspecified atom stereocenters. The number of thioether (sulfide) groups is 1. The van der Waals surface area contributed by atoms with Crippen LogP contribution in [0.3, 0.4) is 0 Å². The summed E-state index contributed by atoms with van der Waals surface area (Å²) in [7, 11) is 0. The van der Waals surface area contributed by atoms with E-state index in [0.29, 0.717) is 21.6 Å². The molecule has 3 rings (SSSR count). The molecule has 0 atom stereocenters. The number of nitrogens with zero attached hydrogens (tertiary/aromatic N) is 1. The molecule has 1 aliphatic heterocycles. The molecule has 1 aromatic carbocycles. The van der Waals surface area contributed by atoms with Gasteiger partial charge in [0.05, 0.1) is 12.4 Å². The summed E-state index contributed by atoms with van der Waals surface area (Å²) in [6.45, 7) is 2.00. The Bertz CT molecular complexity index is 868. The number of para-hydroxylation sites is 1. The van der Waals surface area contributed by atoms with Crippen molar-refractivity contribution in [2.45, 2.75) is 6.92 Å². The molecule has 0 N–H and O–H groups in total. The van der Waals surface area contributed by atoms with E-state index < -0.39 is 17.5 Å². The predicted molar refractivity (Wildman–Crippen MR) is 82.4 cm³/mol. The van der Waals surface area contributed by atoms with E-state index in [1.165, 1.54) is 0 Å². The van der Waals surface area contributed by atoms with Crippen molar-refractivity contribution in [2.75, 3.05) is 12.4 Å². The molecule has 0 saturated heterocycles. The van der Waals surface area contributed by atoms with Crippen LogP contribution in [0.25, 0.3) is 11.0 Å². The van der Waals surface area contributed by atoms with E-state index in [9.17, 15) is 14.4 Å². The number of ether oxygens (including phenoxy) is 1. The molecule has 1 amide bonds. The third-order valence-electron chi connectivity index (χ3n) is 3.08. The van der Waals surface area contributed by atoms with E-state index in [2.05, 4.69) is 4.99 Å². The van der Waals surface area contributed by atoms with E-state index in [0.717, 1.165) is 11.8 Å². The van der Waals surface area contributed by atoms with Crippen molar-refractivity contribution < 1.29 is 18.7 Å². The first-order valence-electron chi connectivity index (χ1n) is 6.59. The second kappa shape index (κ2) is 5.76. The van der Waals surface area contributed by atoms with E-state index in [1.807, 2.05) is 0 Å². The lowest BCUT2D eigenvalue weighted by atomic mass is 10.1. The molecule has 22 heavy (non-hydrogen) atoms. The first kappa shape index (κ1) is 14.5. The van der Waals surface area contributed by atoms with Gasteiger partial charge in [-0.25, -0.2) is 9.79 Å². The van der Waals surface area contributed by atoms with Crippen LogP contribution < -0.4 is 5.63 Å². The molecule has 1 aliphatic rings. The van der Waals surface area contributed by atoms with Gasteiger partial charge in [-0.15, -0.1) is 0 Å². The zero-order chi connectivity index (χ0) is 15.7. The second-order valence-electron chi connectivity index (χ2n) is 4.45. The Morgan fingerprint density at radius 2 is 2.05 bits per heavy atom. The van der Waals surface area contributed by atoms with Crippen LogP contribution in [0.15, 0.2) is 38.5 Å². The van der Waals surface area contributed by atoms with Crippen molar-refractivity contribution in [1.82, 2.24) is 0 Å². The Morgan fingerprint density at radius 1 is 1.27 bits per heavy atom. The Hall–Kier alpha value is -2.41. The first-order chi connectivity index (χ1) is 10.6. The number of hydrogen-bond acceptors (Lipinski definition) is 6. The highest BCUT2D eigenvalue weighted by molar-refractivity contribution is 8.15. The highest BCUT2D eigenvalue weighted by Crippen LogP contribution is 2.29. The number of fused-ring (bicyclic) bond motifs is 3. The summed E-state index contributed by atoms with van der Waals surface area (Å²) >= 11 is 1.08. The van der Waals surface area contributed by atoms with Gasteiger partial charge in [-0.05, 0) is 13.0 Å². The molecule has 0 spiro atoms. The SMILES string of the molecule is CCOC(=O)CSC1=NC(=O)c2c1c1ccccc1oc2=O. The minimum Gasteiger partial charge on any atom is -0.465 e. The largest absolute Gasteiger partial charge is 0.465 e. The highest BCUT2D eigenvalue weighted by atomic mass is 32.2. The summed E-state index contributed by atoms with van der Waals surface area (Å²) in [5.74, 6) is -1.02. The zero-order valence-corrected chi connectivity index (χ0v) is 12.4. The van der Waals surface area contributed by atoms with Gasteiger partial charge in [0.1, 0.15) is 16.2 Å². The lowest BCUT2D eigenvalue weighted by Crippen LogP contribution is -2.13. The molecule has 6 nitrogen and oxygen atoms in total. The molecule has 2 aromatic rings. The average Bonchev–Trinajstić information content (AvgIpc) is 2.83. The van der Waals surface area contributed by atoms with Gasteiger partial charge in [-0.1, -0.05) is 30.0 Å². The van der Waals surface area contributed by atoms with Gasteiger partial charge in [0.2, 0.25) is 0 Å². The molecule has 2 heterocycles. The molecule has 1 aromatic heterocycles. The van der Waals surface area contributed by atoms with Gasteiger partial charge in [0.25, 0.3) is 5.91 Å². The number of carbonyl (C=O) groups is 2. The van der Waals surface area contributed by atoms with Crippen molar-refractivity contribution in [3.63, 3.8) is 0 Å². The van der Waals surface area contributed by atoms with E-state index in [4.69, 9.17) is 9.15 Å². The minimum atomic E-state index is -0.714. The summed E-state index contributed by atoms with van der Waals surface area (Å²) in [5, 5.41) is 0.968. The maximum absolute atomic E-state index is 12.0. The van der Waals surface area contributed by atoms with Crippen molar-refractivity contribution in [3.05, 3.63) is 45.8 Å². The molecular formula is C15H11NO5S. The molecule has 0 fully saturated rings. The number of amides is 1. The first-order valence-corrected chi connectivity index (χ1v) is 7.58. The van der Waals surface area contributed by atoms with Crippen molar-refractivity contribution in [1.29, 1.82) is 0 Å². The van der Waals surface area contributed by atoms with Crippen molar-refractivity contribution >= 4 is 39.7 Å². The summed E-state index contributed by atoms with van der Waals surface area (Å²) < 4.78 is 9.98. The van der Waals surface area contributed by atoms with Crippen molar-refractivity contribution in [3.8, 4) is 0 Å². The smallest absolute Gasteiger partial charge is 0.350 e. The van der Waals surface area contributed by atoms with Crippen molar-refractivity contribution in [2.24, 2.45) is 4.99 Å². The lowest BCUT2D eigenvalue weighted by Gasteiger charge is -2.05. The van der Waals surface area contributed by atoms with Crippen LogP contribution in [0, 0.1) is 0 Å². The molecule has 0 saturated carbocycles. The van der Waals surface area contributed by atoms with Crippen LogP contribution in [-0.2, 0) is 9.53 Å². The van der Waals surface area contributed by atoms with Gasteiger partial charge in [-0.3, -0.25) is 9.59 Å². The molecule has 0 aliphatic carbocycles. The zero-order valence-electron chi connectivity index (χ0n) is 11.6. The van der Waals surface area contributed by atoms with Crippen LogP contribution in [0.4, 0.5) is 0 Å². The topological polar surface area (TPSA) is 85.9 Å². The quantitative estimate of drug-likeness (QED) is 0.635. The van der Waals surface area contributed by atoms with Crippen LogP contribution in [0.1, 0.15) is 22.8 Å². The number of rotatable bonds is 3. The third kappa shape index (κ3) is 2.43. The summed E-state index contributed by atoms with van der Waals surface area (Å²) in [4.78, 5) is 39.2. The van der Waals surface area contributed by atoms with Gasteiger partial charge in [0, 0.05) is 10.9 Å². The number of esters is 1. The monoisotopic (exact) mass is 317 g/mol. The second-order valence-corrected chi connectivity index (χ2v) is 5.42. The Morgan fingerprint density at radius 3 is 2.82 bits per heavy atom. The molecule has 0 bridgehead atoms. The van der Waals surface area contributed by atoms with Crippen LogP contribution in [0.2, 0.25) is 0 Å². The van der Waals surface area contributed by atoms with Crippen LogP contribution >= 0.6 is 11.8 Å². The molecule has 7 heteroatoms. The minimum absolute atomic E-state index is 0.0218. The maximum Gasteiger partial charge on any atom is 0.350 e. The summed E-state index contributed by atoms with van der Waals surface area (Å²) in [5.41, 5.74) is 0.0239. The fourth-order valence-corrected chi connectivity index (χ4v) is 3.05. The van der Waals surface area contributed by atoms with Crippen LogP contribution in [-0.4, -0.2) is 29.3 Å². The van der Waals surface area contributed by atoms with E-state index >= 15 is 0 Å². The number of carbonyl (C=O) groups excluding carboxylic acids is 2. The number of aliphatic imine (C=N–C) groups is 1. The lowest BCUT2D eigenvalue weighted by molar-refractivity contribution is -0.139. The Balaban J connectivity index is 2.04. The third-order valence-corrected chi connectivity index (χ3v) is 4.02.